The van der Waals surface area contributed by atoms with Crippen molar-refractivity contribution >= 4 is 0 Å². The topological polar surface area (TPSA) is 49.5 Å². The summed E-state index contributed by atoms with van der Waals surface area (Å²) in [6, 6.07) is 10.4. The van der Waals surface area contributed by atoms with E-state index in [0.717, 1.165) is 13.1 Å². The number of aliphatic hydroxyl groups is 1. The Balaban J connectivity index is 2.12. The van der Waals surface area contributed by atoms with Crippen LogP contribution in [0.3, 0.4) is 0 Å². The van der Waals surface area contributed by atoms with Gasteiger partial charge in [-0.1, -0.05) is 30.3 Å². The summed E-state index contributed by atoms with van der Waals surface area (Å²) < 4.78 is 0. The standard InChI is InChI=1S/C14H22N2O/c1-14(2)13(17)12(8-15)10-16(14)9-11-6-4-3-5-7-11/h3-7,12-13,17H,8-10,15H2,1-2H3. The van der Waals surface area contributed by atoms with Gasteiger partial charge in [-0.2, -0.15) is 0 Å². The van der Waals surface area contributed by atoms with Gasteiger partial charge in [0.1, 0.15) is 0 Å². The second-order valence-electron chi connectivity index (χ2n) is 5.46. The molecule has 0 bridgehead atoms. The van der Waals surface area contributed by atoms with E-state index in [1.165, 1.54) is 5.56 Å². The summed E-state index contributed by atoms with van der Waals surface area (Å²) in [6.07, 6.45) is -0.337. The van der Waals surface area contributed by atoms with E-state index in [2.05, 4.69) is 43.0 Å². The fourth-order valence-corrected chi connectivity index (χ4v) is 2.66. The van der Waals surface area contributed by atoms with Crippen LogP contribution in [0.15, 0.2) is 30.3 Å². The first kappa shape index (κ1) is 12.6. The average molecular weight is 234 g/mol. The maximum atomic E-state index is 10.2. The Hall–Kier alpha value is -0.900. The number of benzene rings is 1. The lowest BCUT2D eigenvalue weighted by Gasteiger charge is -2.34. The number of hydrogen-bond donors (Lipinski definition) is 2. The average Bonchev–Trinajstić information content (AvgIpc) is 2.54. The minimum Gasteiger partial charge on any atom is -0.391 e. The molecule has 1 aromatic rings. The molecule has 1 saturated heterocycles. The fourth-order valence-electron chi connectivity index (χ4n) is 2.66. The fraction of sp³-hybridized carbons (Fsp3) is 0.571. The minimum absolute atomic E-state index is 0.189. The molecule has 1 aliphatic rings. The van der Waals surface area contributed by atoms with Crippen LogP contribution in [0.25, 0.3) is 0 Å². The van der Waals surface area contributed by atoms with Crippen molar-refractivity contribution in [2.45, 2.75) is 32.0 Å². The van der Waals surface area contributed by atoms with Crippen LogP contribution < -0.4 is 5.73 Å². The number of aliphatic hydroxyl groups excluding tert-OH is 1. The highest BCUT2D eigenvalue weighted by Crippen LogP contribution is 2.33. The van der Waals surface area contributed by atoms with Gasteiger partial charge in [0.05, 0.1) is 6.10 Å². The SMILES string of the molecule is CC1(C)C(O)C(CN)CN1Cc1ccccc1. The molecule has 1 fully saturated rings. The molecule has 0 radical (unpaired) electrons. The van der Waals surface area contributed by atoms with Gasteiger partial charge >= 0.3 is 0 Å². The molecule has 17 heavy (non-hydrogen) atoms. The second kappa shape index (κ2) is 4.77. The van der Waals surface area contributed by atoms with Gasteiger partial charge < -0.3 is 10.8 Å². The minimum atomic E-state index is -0.337. The van der Waals surface area contributed by atoms with Gasteiger partial charge in [0.2, 0.25) is 0 Å². The summed E-state index contributed by atoms with van der Waals surface area (Å²) in [5.41, 5.74) is 6.80. The molecular weight excluding hydrogens is 212 g/mol. The zero-order valence-corrected chi connectivity index (χ0v) is 10.6. The zero-order valence-electron chi connectivity index (χ0n) is 10.6. The van der Waals surface area contributed by atoms with Crippen LogP contribution in [-0.4, -0.2) is 34.7 Å². The summed E-state index contributed by atoms with van der Waals surface area (Å²) >= 11 is 0. The quantitative estimate of drug-likeness (QED) is 0.826. The van der Waals surface area contributed by atoms with E-state index in [-0.39, 0.29) is 17.6 Å². The van der Waals surface area contributed by atoms with Gasteiger partial charge in [-0.05, 0) is 26.0 Å². The first-order valence-corrected chi connectivity index (χ1v) is 6.23. The van der Waals surface area contributed by atoms with Gasteiger partial charge in [-0.25, -0.2) is 0 Å². The van der Waals surface area contributed by atoms with E-state index in [9.17, 15) is 5.11 Å². The van der Waals surface area contributed by atoms with Crippen molar-refractivity contribution in [3.05, 3.63) is 35.9 Å². The lowest BCUT2D eigenvalue weighted by molar-refractivity contribution is 0.0386. The number of nitrogens with zero attached hydrogens (tertiary/aromatic N) is 1. The van der Waals surface area contributed by atoms with Crippen LogP contribution >= 0.6 is 0 Å². The van der Waals surface area contributed by atoms with Crippen molar-refractivity contribution in [3.63, 3.8) is 0 Å². The molecule has 0 aliphatic carbocycles. The molecule has 0 saturated carbocycles. The third-order valence-electron chi connectivity index (χ3n) is 3.96. The summed E-state index contributed by atoms with van der Waals surface area (Å²) in [5.74, 6) is 0.189. The summed E-state index contributed by atoms with van der Waals surface area (Å²) in [7, 11) is 0. The Labute approximate surface area is 103 Å². The van der Waals surface area contributed by atoms with Crippen molar-refractivity contribution < 1.29 is 5.11 Å². The Bertz CT molecular complexity index is 364. The van der Waals surface area contributed by atoms with E-state index in [1.807, 2.05) is 6.07 Å². The van der Waals surface area contributed by atoms with Gasteiger partial charge in [0.25, 0.3) is 0 Å². The highest BCUT2D eigenvalue weighted by Gasteiger charge is 2.45. The van der Waals surface area contributed by atoms with Crippen LogP contribution in [-0.2, 0) is 6.54 Å². The third-order valence-corrected chi connectivity index (χ3v) is 3.96. The molecule has 94 valence electrons. The Kier molecular flexibility index (Phi) is 3.52. The van der Waals surface area contributed by atoms with Crippen LogP contribution in [0.2, 0.25) is 0 Å². The highest BCUT2D eigenvalue weighted by molar-refractivity contribution is 5.16. The lowest BCUT2D eigenvalue weighted by atomic mass is 9.92. The molecule has 1 aliphatic heterocycles. The second-order valence-corrected chi connectivity index (χ2v) is 5.46. The largest absolute Gasteiger partial charge is 0.391 e. The molecule has 2 unspecified atom stereocenters. The predicted octanol–water partition coefficient (Wildman–Crippen LogP) is 1.22. The molecular formula is C14H22N2O. The maximum Gasteiger partial charge on any atom is 0.0770 e. The van der Waals surface area contributed by atoms with E-state index in [0.29, 0.717) is 6.54 Å². The molecule has 1 heterocycles. The molecule has 0 amide bonds. The maximum absolute atomic E-state index is 10.2. The van der Waals surface area contributed by atoms with E-state index in [1.54, 1.807) is 0 Å². The molecule has 3 N–H and O–H groups in total. The van der Waals surface area contributed by atoms with Gasteiger partial charge in [0, 0.05) is 24.5 Å². The number of nitrogens with two attached hydrogens (primary N) is 1. The Morgan fingerprint density at radius 1 is 1.35 bits per heavy atom. The lowest BCUT2D eigenvalue weighted by Crippen LogP contribution is -2.45. The van der Waals surface area contributed by atoms with Crippen LogP contribution in [0.1, 0.15) is 19.4 Å². The molecule has 2 atom stereocenters. The Morgan fingerprint density at radius 3 is 2.53 bits per heavy atom. The number of rotatable bonds is 3. The van der Waals surface area contributed by atoms with E-state index < -0.39 is 0 Å². The van der Waals surface area contributed by atoms with Crippen LogP contribution in [0.4, 0.5) is 0 Å². The molecule has 1 aromatic carbocycles. The smallest absolute Gasteiger partial charge is 0.0770 e. The molecule has 0 aromatic heterocycles. The molecule has 3 heteroatoms. The summed E-state index contributed by atoms with van der Waals surface area (Å²) in [5, 5.41) is 10.2. The molecule has 0 spiro atoms. The number of likely N-dealkylation sites (tertiary alicyclic amines) is 1. The van der Waals surface area contributed by atoms with Gasteiger partial charge in [-0.15, -0.1) is 0 Å². The van der Waals surface area contributed by atoms with Crippen LogP contribution in [0.5, 0.6) is 0 Å². The summed E-state index contributed by atoms with van der Waals surface area (Å²) in [4.78, 5) is 2.32. The predicted molar refractivity (Wildman–Crippen MR) is 69.5 cm³/mol. The van der Waals surface area contributed by atoms with E-state index >= 15 is 0 Å². The van der Waals surface area contributed by atoms with Crippen molar-refractivity contribution in [3.8, 4) is 0 Å². The van der Waals surface area contributed by atoms with Crippen molar-refractivity contribution in [1.82, 2.24) is 4.90 Å². The third kappa shape index (κ3) is 2.37. The summed E-state index contributed by atoms with van der Waals surface area (Å²) in [6.45, 7) is 6.49. The van der Waals surface area contributed by atoms with Crippen molar-refractivity contribution in [2.24, 2.45) is 11.7 Å². The monoisotopic (exact) mass is 234 g/mol. The molecule has 2 rings (SSSR count). The van der Waals surface area contributed by atoms with Gasteiger partial charge in [0.15, 0.2) is 0 Å². The first-order chi connectivity index (χ1) is 8.05. The molecule has 3 nitrogen and oxygen atoms in total. The normalized spacial score (nSPS) is 28.5. The van der Waals surface area contributed by atoms with Crippen LogP contribution in [0, 0.1) is 5.92 Å². The first-order valence-electron chi connectivity index (χ1n) is 6.23. The zero-order chi connectivity index (χ0) is 12.5. The van der Waals surface area contributed by atoms with Crippen molar-refractivity contribution in [1.29, 1.82) is 0 Å². The van der Waals surface area contributed by atoms with Crippen molar-refractivity contribution in [2.75, 3.05) is 13.1 Å². The Morgan fingerprint density at radius 2 is 2.00 bits per heavy atom. The van der Waals surface area contributed by atoms with E-state index in [4.69, 9.17) is 5.73 Å². The van der Waals surface area contributed by atoms with Gasteiger partial charge in [-0.3, -0.25) is 4.90 Å². The number of hydrogen-bond acceptors (Lipinski definition) is 3. The highest BCUT2D eigenvalue weighted by atomic mass is 16.3.